The molecule has 0 bridgehead atoms. The summed E-state index contributed by atoms with van der Waals surface area (Å²) < 4.78 is 1.33. The second-order valence-corrected chi connectivity index (χ2v) is 6.33. The topological polar surface area (TPSA) is 67.2 Å². The van der Waals surface area contributed by atoms with Gasteiger partial charge in [0.15, 0.2) is 0 Å². The van der Waals surface area contributed by atoms with Crippen molar-refractivity contribution in [3.05, 3.63) is 64.1 Å². The summed E-state index contributed by atoms with van der Waals surface area (Å²) in [5.74, 6) is -0.232. The number of nitrogens with zero attached hydrogens (tertiary/aromatic N) is 3. The van der Waals surface area contributed by atoms with Crippen molar-refractivity contribution in [3.8, 4) is 0 Å². The van der Waals surface area contributed by atoms with E-state index in [1.54, 1.807) is 0 Å². The predicted octanol–water partition coefficient (Wildman–Crippen LogP) is 1.51. The van der Waals surface area contributed by atoms with Crippen LogP contribution in [-0.2, 0) is 6.54 Å². The Morgan fingerprint density at radius 3 is 2.80 bits per heavy atom. The number of aromatic nitrogens is 2. The Balaban J connectivity index is 1.66. The van der Waals surface area contributed by atoms with E-state index >= 15 is 0 Å². The van der Waals surface area contributed by atoms with Crippen LogP contribution in [0.4, 0.5) is 0 Å². The lowest BCUT2D eigenvalue weighted by Gasteiger charge is -2.22. The molecule has 1 N–H and O–H groups in total. The first-order valence-electron chi connectivity index (χ1n) is 8.81. The largest absolute Gasteiger partial charge is 0.349 e. The van der Waals surface area contributed by atoms with Crippen molar-refractivity contribution in [3.63, 3.8) is 0 Å². The van der Waals surface area contributed by atoms with Crippen LogP contribution >= 0.6 is 0 Å². The molecule has 0 spiro atoms. The Hall–Kier alpha value is -2.47. The number of carbonyl (C=O) groups excluding carboxylic acids is 1. The highest BCUT2D eigenvalue weighted by atomic mass is 16.2. The smallest absolute Gasteiger partial charge is 0.271 e. The monoisotopic (exact) mass is 340 g/mol. The molecule has 1 saturated heterocycles. The number of nitrogens with one attached hydrogen (secondary N) is 1. The third-order valence-corrected chi connectivity index (χ3v) is 4.68. The predicted molar refractivity (Wildman–Crippen MR) is 96.6 cm³/mol. The van der Waals surface area contributed by atoms with Gasteiger partial charge in [-0.05, 0) is 37.6 Å². The van der Waals surface area contributed by atoms with Gasteiger partial charge in [0.1, 0.15) is 5.69 Å². The summed E-state index contributed by atoms with van der Waals surface area (Å²) in [5, 5.41) is 7.19. The number of likely N-dealkylation sites (tertiary alicyclic amines) is 1. The number of benzene rings is 1. The molecule has 1 atom stereocenters. The van der Waals surface area contributed by atoms with Gasteiger partial charge in [-0.1, -0.05) is 37.3 Å². The fraction of sp³-hybridized carbons (Fsp3) is 0.421. The standard InChI is InChI=1S/C19H24N4O2/c1-2-22-12-6-9-16(22)13-20-19(25)17-10-11-18(24)23(21-17)14-15-7-4-3-5-8-15/h3-5,7-8,10-11,16H,2,6,9,12-14H2,1H3,(H,20,25)/t16-/m0/s1. The Labute approximate surface area is 147 Å². The zero-order valence-corrected chi connectivity index (χ0v) is 14.5. The maximum Gasteiger partial charge on any atom is 0.271 e. The summed E-state index contributed by atoms with van der Waals surface area (Å²) in [6, 6.07) is 12.9. The molecule has 0 unspecified atom stereocenters. The molecule has 3 rings (SSSR count). The van der Waals surface area contributed by atoms with Gasteiger partial charge in [-0.25, -0.2) is 4.68 Å². The number of hydrogen-bond acceptors (Lipinski definition) is 4. The second kappa shape index (κ2) is 8.07. The van der Waals surface area contributed by atoms with Crippen LogP contribution in [0, 0.1) is 0 Å². The molecule has 6 heteroatoms. The van der Waals surface area contributed by atoms with Gasteiger partial charge in [-0.2, -0.15) is 5.10 Å². The van der Waals surface area contributed by atoms with Gasteiger partial charge in [0.25, 0.3) is 11.5 Å². The van der Waals surface area contributed by atoms with E-state index in [0.717, 1.165) is 25.1 Å². The van der Waals surface area contributed by atoms with E-state index in [2.05, 4.69) is 22.2 Å². The van der Waals surface area contributed by atoms with Crippen molar-refractivity contribution in [2.45, 2.75) is 32.4 Å². The first kappa shape index (κ1) is 17.4. The van der Waals surface area contributed by atoms with Crippen LogP contribution < -0.4 is 10.9 Å². The molecule has 25 heavy (non-hydrogen) atoms. The SMILES string of the molecule is CCN1CCC[C@H]1CNC(=O)c1ccc(=O)n(Cc2ccccc2)n1. The molecule has 2 aromatic rings. The Kier molecular flexibility index (Phi) is 5.60. The average molecular weight is 340 g/mol. The molecule has 2 heterocycles. The molecular formula is C19H24N4O2. The van der Waals surface area contributed by atoms with Gasteiger partial charge >= 0.3 is 0 Å². The van der Waals surface area contributed by atoms with Crippen molar-refractivity contribution < 1.29 is 4.79 Å². The minimum Gasteiger partial charge on any atom is -0.349 e. The van der Waals surface area contributed by atoms with Gasteiger partial charge in [-0.15, -0.1) is 0 Å². The molecule has 6 nitrogen and oxygen atoms in total. The van der Waals surface area contributed by atoms with Gasteiger partial charge in [0, 0.05) is 18.7 Å². The van der Waals surface area contributed by atoms with E-state index in [9.17, 15) is 9.59 Å². The molecule has 0 saturated carbocycles. The summed E-state index contributed by atoms with van der Waals surface area (Å²) in [7, 11) is 0. The molecule has 1 amide bonds. The summed E-state index contributed by atoms with van der Waals surface area (Å²) in [4.78, 5) is 26.8. The fourth-order valence-electron chi connectivity index (χ4n) is 3.28. The third kappa shape index (κ3) is 4.33. The zero-order valence-electron chi connectivity index (χ0n) is 14.5. The van der Waals surface area contributed by atoms with Crippen molar-refractivity contribution in [2.24, 2.45) is 0 Å². The van der Waals surface area contributed by atoms with E-state index < -0.39 is 0 Å². The zero-order chi connectivity index (χ0) is 17.6. The molecule has 1 aliphatic heterocycles. The maximum atomic E-state index is 12.4. The number of hydrogen-bond donors (Lipinski definition) is 1. The van der Waals surface area contributed by atoms with Gasteiger partial charge in [-0.3, -0.25) is 14.5 Å². The summed E-state index contributed by atoms with van der Waals surface area (Å²) >= 11 is 0. The second-order valence-electron chi connectivity index (χ2n) is 6.33. The maximum absolute atomic E-state index is 12.4. The molecule has 0 radical (unpaired) electrons. The van der Waals surface area contributed by atoms with E-state index in [0.29, 0.717) is 19.1 Å². The first-order valence-corrected chi connectivity index (χ1v) is 8.81. The molecule has 1 fully saturated rings. The number of carbonyl (C=O) groups is 1. The number of rotatable bonds is 6. The van der Waals surface area contributed by atoms with E-state index in [1.165, 1.54) is 23.2 Å². The highest BCUT2D eigenvalue weighted by Crippen LogP contribution is 2.15. The minimum absolute atomic E-state index is 0.214. The minimum atomic E-state index is -0.232. The van der Waals surface area contributed by atoms with E-state index in [4.69, 9.17) is 0 Å². The summed E-state index contributed by atoms with van der Waals surface area (Å²) in [6.45, 7) is 5.21. The third-order valence-electron chi connectivity index (χ3n) is 4.68. The number of amides is 1. The lowest BCUT2D eigenvalue weighted by molar-refractivity contribution is 0.0934. The average Bonchev–Trinajstić information content (AvgIpc) is 3.10. The Bertz CT molecular complexity index is 772. The first-order chi connectivity index (χ1) is 12.2. The van der Waals surface area contributed by atoms with Crippen molar-refractivity contribution in [2.75, 3.05) is 19.6 Å². The quantitative estimate of drug-likeness (QED) is 0.865. The van der Waals surface area contributed by atoms with Crippen molar-refractivity contribution in [1.82, 2.24) is 20.0 Å². The van der Waals surface area contributed by atoms with Crippen LogP contribution in [0.3, 0.4) is 0 Å². The Morgan fingerprint density at radius 2 is 2.04 bits per heavy atom. The van der Waals surface area contributed by atoms with Crippen molar-refractivity contribution >= 4 is 5.91 Å². The lowest BCUT2D eigenvalue weighted by Crippen LogP contribution is -2.40. The van der Waals surface area contributed by atoms with Crippen LogP contribution in [0.2, 0.25) is 0 Å². The van der Waals surface area contributed by atoms with E-state index in [-0.39, 0.29) is 17.2 Å². The molecule has 1 aromatic carbocycles. The van der Waals surface area contributed by atoms with Gasteiger partial charge in [0.2, 0.25) is 0 Å². The highest BCUT2D eigenvalue weighted by Gasteiger charge is 2.23. The lowest BCUT2D eigenvalue weighted by atomic mass is 10.2. The van der Waals surface area contributed by atoms with Crippen LogP contribution in [0.25, 0.3) is 0 Å². The molecule has 1 aliphatic rings. The van der Waals surface area contributed by atoms with Crippen LogP contribution in [0.1, 0.15) is 35.8 Å². The molecule has 1 aromatic heterocycles. The molecule has 132 valence electrons. The van der Waals surface area contributed by atoms with Gasteiger partial charge in [0.05, 0.1) is 6.54 Å². The van der Waals surface area contributed by atoms with Gasteiger partial charge < -0.3 is 5.32 Å². The van der Waals surface area contributed by atoms with Crippen molar-refractivity contribution in [1.29, 1.82) is 0 Å². The van der Waals surface area contributed by atoms with E-state index in [1.807, 2.05) is 30.3 Å². The normalized spacial score (nSPS) is 17.6. The van der Waals surface area contributed by atoms with Crippen LogP contribution in [-0.4, -0.2) is 46.3 Å². The fourth-order valence-corrected chi connectivity index (χ4v) is 3.28. The van der Waals surface area contributed by atoms with Crippen LogP contribution in [0.5, 0.6) is 0 Å². The Morgan fingerprint density at radius 1 is 1.24 bits per heavy atom. The molecule has 0 aliphatic carbocycles. The molecular weight excluding hydrogens is 316 g/mol. The summed E-state index contributed by atoms with van der Waals surface area (Å²) in [6.07, 6.45) is 2.28. The highest BCUT2D eigenvalue weighted by molar-refractivity contribution is 5.92. The summed E-state index contributed by atoms with van der Waals surface area (Å²) in [5.41, 5.74) is 1.03. The number of likely N-dealkylation sites (N-methyl/N-ethyl adjacent to an activating group) is 1. The van der Waals surface area contributed by atoms with Crippen LogP contribution in [0.15, 0.2) is 47.3 Å².